The molecular formula is C13H16Br2N2O. The van der Waals surface area contributed by atoms with Gasteiger partial charge in [-0.15, -0.1) is 0 Å². The summed E-state index contributed by atoms with van der Waals surface area (Å²) in [7, 11) is 0. The quantitative estimate of drug-likeness (QED) is 0.739. The number of pyridine rings is 1. The fraction of sp³-hybridized carbons (Fsp3) is 0.538. The molecule has 2 heterocycles. The number of nitrogens with zero attached hydrogens (tertiary/aromatic N) is 2. The van der Waals surface area contributed by atoms with Crippen LogP contribution in [0.1, 0.15) is 36.0 Å². The molecule has 0 radical (unpaired) electrons. The lowest BCUT2D eigenvalue weighted by Crippen LogP contribution is -2.41. The number of aromatic nitrogens is 1. The molecule has 0 bridgehead atoms. The topological polar surface area (TPSA) is 33.2 Å². The molecule has 1 fully saturated rings. The Hall–Kier alpha value is -0.420. The molecule has 98 valence electrons. The zero-order chi connectivity index (χ0) is 13.0. The van der Waals surface area contributed by atoms with Gasteiger partial charge in [0.15, 0.2) is 0 Å². The van der Waals surface area contributed by atoms with Crippen molar-refractivity contribution in [3.8, 4) is 0 Å². The van der Waals surface area contributed by atoms with Gasteiger partial charge in [0.1, 0.15) is 0 Å². The number of likely N-dealkylation sites (tertiary alicyclic amines) is 1. The first kappa shape index (κ1) is 14.0. The molecule has 1 amide bonds. The van der Waals surface area contributed by atoms with Crippen LogP contribution >= 0.6 is 31.9 Å². The van der Waals surface area contributed by atoms with Crippen molar-refractivity contribution in [3.05, 3.63) is 28.5 Å². The second kappa shape index (κ2) is 6.66. The number of carbonyl (C=O) groups is 1. The van der Waals surface area contributed by atoms with Crippen LogP contribution in [-0.2, 0) is 0 Å². The van der Waals surface area contributed by atoms with Crippen molar-refractivity contribution in [2.24, 2.45) is 0 Å². The highest BCUT2D eigenvalue weighted by atomic mass is 79.9. The van der Waals surface area contributed by atoms with Crippen molar-refractivity contribution in [3.63, 3.8) is 0 Å². The zero-order valence-corrected chi connectivity index (χ0v) is 13.3. The van der Waals surface area contributed by atoms with Gasteiger partial charge in [0.05, 0.1) is 5.56 Å². The minimum absolute atomic E-state index is 0.0927. The first-order chi connectivity index (χ1) is 8.72. The molecule has 1 aliphatic heterocycles. The zero-order valence-electron chi connectivity index (χ0n) is 10.1. The van der Waals surface area contributed by atoms with Crippen LogP contribution in [0, 0.1) is 0 Å². The fourth-order valence-corrected chi connectivity index (χ4v) is 3.34. The van der Waals surface area contributed by atoms with Gasteiger partial charge in [-0.05, 0) is 34.8 Å². The summed E-state index contributed by atoms with van der Waals surface area (Å²) in [6.45, 7) is 0.849. The molecule has 1 saturated heterocycles. The van der Waals surface area contributed by atoms with Crippen molar-refractivity contribution in [1.82, 2.24) is 9.88 Å². The number of carbonyl (C=O) groups excluding carboxylic acids is 1. The summed E-state index contributed by atoms with van der Waals surface area (Å²) in [6, 6.07) is 2.14. The van der Waals surface area contributed by atoms with Gasteiger partial charge in [-0.1, -0.05) is 28.8 Å². The summed E-state index contributed by atoms with van der Waals surface area (Å²) < 4.78 is 0.846. The molecule has 0 aliphatic carbocycles. The molecule has 2 rings (SSSR count). The van der Waals surface area contributed by atoms with E-state index in [1.54, 1.807) is 12.4 Å². The van der Waals surface area contributed by atoms with Crippen LogP contribution < -0.4 is 0 Å². The molecule has 18 heavy (non-hydrogen) atoms. The molecule has 1 atom stereocenters. The molecule has 0 saturated carbocycles. The van der Waals surface area contributed by atoms with Crippen molar-refractivity contribution in [2.45, 2.75) is 31.7 Å². The van der Waals surface area contributed by atoms with Gasteiger partial charge in [-0.2, -0.15) is 0 Å². The number of halogens is 2. The van der Waals surface area contributed by atoms with Crippen LogP contribution in [0.4, 0.5) is 0 Å². The Bertz CT molecular complexity index is 425. The van der Waals surface area contributed by atoms with Crippen LogP contribution in [0.5, 0.6) is 0 Å². The van der Waals surface area contributed by atoms with Gasteiger partial charge in [0.2, 0.25) is 0 Å². The molecule has 0 spiro atoms. The first-order valence-electron chi connectivity index (χ1n) is 6.20. The smallest absolute Gasteiger partial charge is 0.255 e. The monoisotopic (exact) mass is 374 g/mol. The average Bonchev–Trinajstić information content (AvgIpc) is 2.62. The van der Waals surface area contributed by atoms with Gasteiger partial charge in [0, 0.05) is 34.8 Å². The third-order valence-electron chi connectivity index (χ3n) is 3.27. The summed E-state index contributed by atoms with van der Waals surface area (Å²) >= 11 is 6.88. The van der Waals surface area contributed by atoms with Crippen LogP contribution in [0.25, 0.3) is 0 Å². The van der Waals surface area contributed by atoms with Gasteiger partial charge in [-0.25, -0.2) is 0 Å². The van der Waals surface area contributed by atoms with E-state index in [0.29, 0.717) is 11.6 Å². The van der Waals surface area contributed by atoms with E-state index in [2.05, 4.69) is 36.8 Å². The van der Waals surface area contributed by atoms with E-state index >= 15 is 0 Å². The second-order valence-corrected chi connectivity index (χ2v) is 6.11. The number of rotatable bonds is 2. The molecule has 1 aromatic rings. The molecular weight excluding hydrogens is 360 g/mol. The second-order valence-electron chi connectivity index (χ2n) is 4.55. The summed E-state index contributed by atoms with van der Waals surface area (Å²) in [6.07, 6.45) is 7.93. The maximum Gasteiger partial charge on any atom is 0.255 e. The Morgan fingerprint density at radius 2 is 2.22 bits per heavy atom. The molecule has 0 N–H and O–H groups in total. The highest BCUT2D eigenvalue weighted by Crippen LogP contribution is 2.21. The van der Waals surface area contributed by atoms with E-state index in [1.807, 2.05) is 11.0 Å². The minimum Gasteiger partial charge on any atom is -0.335 e. The van der Waals surface area contributed by atoms with Crippen molar-refractivity contribution in [1.29, 1.82) is 0 Å². The molecule has 5 heteroatoms. The fourth-order valence-electron chi connectivity index (χ4n) is 2.30. The van der Waals surface area contributed by atoms with E-state index in [9.17, 15) is 4.79 Å². The summed E-state index contributed by atoms with van der Waals surface area (Å²) in [5, 5.41) is 0.847. The number of alkyl halides is 1. The SMILES string of the molecule is O=C(c1cncc(Br)c1)N1CCCCCC1CBr. The minimum atomic E-state index is 0.0927. The van der Waals surface area contributed by atoms with Crippen LogP contribution in [0.2, 0.25) is 0 Å². The lowest BCUT2D eigenvalue weighted by atomic mass is 10.1. The molecule has 1 aromatic heterocycles. The number of hydrogen-bond donors (Lipinski definition) is 0. The predicted molar refractivity (Wildman–Crippen MR) is 79.0 cm³/mol. The Kier molecular flexibility index (Phi) is 5.18. The Balaban J connectivity index is 2.19. The van der Waals surface area contributed by atoms with Crippen LogP contribution in [0.15, 0.2) is 22.9 Å². The largest absolute Gasteiger partial charge is 0.335 e. The van der Waals surface area contributed by atoms with Gasteiger partial charge < -0.3 is 4.90 Å². The Labute approximate surface area is 124 Å². The Morgan fingerprint density at radius 3 is 2.94 bits per heavy atom. The van der Waals surface area contributed by atoms with E-state index in [1.165, 1.54) is 12.8 Å². The summed E-state index contributed by atoms with van der Waals surface area (Å²) in [5.74, 6) is 0.0927. The normalized spacial score (nSPS) is 20.6. The van der Waals surface area contributed by atoms with Crippen molar-refractivity contribution < 1.29 is 4.79 Å². The summed E-state index contributed by atoms with van der Waals surface area (Å²) in [5.41, 5.74) is 0.664. The van der Waals surface area contributed by atoms with E-state index < -0.39 is 0 Å². The highest BCUT2D eigenvalue weighted by molar-refractivity contribution is 9.10. The van der Waals surface area contributed by atoms with Crippen LogP contribution in [-0.4, -0.2) is 33.7 Å². The molecule has 1 unspecified atom stereocenters. The predicted octanol–water partition coefficient (Wildman–Crippen LogP) is 3.62. The summed E-state index contributed by atoms with van der Waals surface area (Å²) in [4.78, 5) is 18.6. The highest BCUT2D eigenvalue weighted by Gasteiger charge is 2.25. The van der Waals surface area contributed by atoms with Crippen molar-refractivity contribution >= 4 is 37.8 Å². The van der Waals surface area contributed by atoms with Gasteiger partial charge >= 0.3 is 0 Å². The third kappa shape index (κ3) is 3.32. The molecule has 0 aromatic carbocycles. The first-order valence-corrected chi connectivity index (χ1v) is 8.11. The van der Waals surface area contributed by atoms with E-state index in [4.69, 9.17) is 0 Å². The molecule has 3 nitrogen and oxygen atoms in total. The van der Waals surface area contributed by atoms with Gasteiger partial charge in [0.25, 0.3) is 5.91 Å². The Morgan fingerprint density at radius 1 is 1.39 bits per heavy atom. The van der Waals surface area contributed by atoms with E-state index in [-0.39, 0.29) is 5.91 Å². The van der Waals surface area contributed by atoms with E-state index in [0.717, 1.165) is 29.2 Å². The maximum absolute atomic E-state index is 12.5. The molecule has 1 aliphatic rings. The maximum atomic E-state index is 12.5. The lowest BCUT2D eigenvalue weighted by Gasteiger charge is -2.28. The van der Waals surface area contributed by atoms with Gasteiger partial charge in [-0.3, -0.25) is 9.78 Å². The lowest BCUT2D eigenvalue weighted by molar-refractivity contribution is 0.0702. The number of hydrogen-bond acceptors (Lipinski definition) is 2. The van der Waals surface area contributed by atoms with Crippen molar-refractivity contribution in [2.75, 3.05) is 11.9 Å². The van der Waals surface area contributed by atoms with Crippen LogP contribution in [0.3, 0.4) is 0 Å². The average molecular weight is 376 g/mol. The third-order valence-corrected chi connectivity index (χ3v) is 4.45. The standard InChI is InChI=1S/C13H16Br2N2O/c14-7-12-4-2-1-3-5-17(12)13(18)10-6-11(15)9-16-8-10/h6,8-9,12H,1-5,7H2. The number of amides is 1.